The van der Waals surface area contributed by atoms with E-state index in [1.807, 2.05) is 36.4 Å². The Labute approximate surface area is 340 Å². The molecule has 15 nitrogen and oxygen atoms in total. The van der Waals surface area contributed by atoms with Crippen LogP contribution >= 0.6 is 45.7 Å². The Kier molecular flexibility index (Phi) is 9.00. The van der Waals surface area contributed by atoms with Gasteiger partial charge in [0.25, 0.3) is 0 Å². The predicted octanol–water partition coefficient (Wildman–Crippen LogP) is 6.77. The number of carbonyl (C=O) groups excluding carboxylic acids is 1. The highest BCUT2D eigenvalue weighted by atomic mass is 32.1. The van der Waals surface area contributed by atoms with E-state index in [9.17, 15) is 19.8 Å². The number of carboxylic acids is 1. The van der Waals surface area contributed by atoms with Crippen molar-refractivity contribution < 1.29 is 19.8 Å². The second-order valence-corrected chi connectivity index (χ2v) is 18.6. The molecule has 6 aromatic heterocycles. The number of aliphatic carboxylic acids is 1. The third-order valence-electron chi connectivity index (χ3n) is 10.8. The van der Waals surface area contributed by atoms with Crippen molar-refractivity contribution in [2.75, 3.05) is 23.7 Å². The molecule has 4 N–H and O–H groups in total. The first kappa shape index (κ1) is 36.0. The fraction of sp³-hybridized carbons (Fsp3) is 0.316. The van der Waals surface area contributed by atoms with Crippen LogP contribution < -0.4 is 10.6 Å². The van der Waals surface area contributed by atoms with Crippen molar-refractivity contribution in [3.05, 3.63) is 69.9 Å². The summed E-state index contributed by atoms with van der Waals surface area (Å²) in [4.78, 5) is 48.0. The maximum atomic E-state index is 12.9. The Morgan fingerprint density at radius 2 is 1.26 bits per heavy atom. The number of hydrogen-bond donors (Lipinski definition) is 4. The van der Waals surface area contributed by atoms with Crippen LogP contribution in [-0.2, 0) is 35.3 Å². The summed E-state index contributed by atoms with van der Waals surface area (Å²) in [6.07, 6.45) is 7.47. The van der Waals surface area contributed by atoms with E-state index in [2.05, 4.69) is 49.7 Å². The number of thiophene rings is 2. The highest BCUT2D eigenvalue weighted by molar-refractivity contribution is 7.19. The van der Waals surface area contributed by atoms with E-state index in [4.69, 9.17) is 0 Å². The number of amides is 1. The molecule has 1 saturated heterocycles. The van der Waals surface area contributed by atoms with E-state index < -0.39 is 11.6 Å². The zero-order chi connectivity index (χ0) is 38.8. The molecule has 8 aromatic rings. The Hall–Kier alpha value is -5.34. The quantitative estimate of drug-likeness (QED) is 0.137. The Morgan fingerprint density at radius 1 is 0.754 bits per heavy atom. The topological polar surface area (TPSA) is 205 Å². The van der Waals surface area contributed by atoms with Crippen molar-refractivity contribution in [2.45, 2.75) is 51.0 Å². The number of carbonyl (C=O) groups is 2. The molecule has 0 radical (unpaired) electrons. The van der Waals surface area contributed by atoms with Crippen LogP contribution in [0.1, 0.15) is 40.6 Å². The van der Waals surface area contributed by atoms with Gasteiger partial charge >= 0.3 is 5.97 Å². The summed E-state index contributed by atoms with van der Waals surface area (Å²) < 4.78 is 9.99. The summed E-state index contributed by atoms with van der Waals surface area (Å²) in [5.41, 5.74) is 5.32. The van der Waals surface area contributed by atoms with Gasteiger partial charge in [0.15, 0.2) is 0 Å². The summed E-state index contributed by atoms with van der Waals surface area (Å²) in [6, 6.07) is 11.9. The fourth-order valence-corrected chi connectivity index (χ4v) is 11.7. The maximum absolute atomic E-state index is 12.9. The SMILES string of the molecule is CC1(O)CN(C(=O)[C@H]2CCc3c(sc4ncnc(Nc5ccc6nnsc6c5)c34)C2)C1.O=C(O)[C@H]1CCc2c(sc3ncnc(Nc4ccc5nnsc5c4)c23)C1. The van der Waals surface area contributed by atoms with Gasteiger partial charge in [-0.1, -0.05) is 8.98 Å². The summed E-state index contributed by atoms with van der Waals surface area (Å²) in [7, 11) is 0. The molecule has 57 heavy (non-hydrogen) atoms. The molecule has 0 unspecified atom stereocenters. The minimum Gasteiger partial charge on any atom is -0.481 e. The lowest BCUT2D eigenvalue weighted by atomic mass is 9.85. The van der Waals surface area contributed by atoms with Crippen LogP contribution in [0.25, 0.3) is 40.9 Å². The molecule has 288 valence electrons. The molecule has 1 amide bonds. The van der Waals surface area contributed by atoms with Crippen LogP contribution in [0.4, 0.5) is 23.0 Å². The number of aliphatic hydroxyl groups is 1. The fourth-order valence-electron chi connectivity index (χ4n) is 8.01. The highest BCUT2D eigenvalue weighted by Crippen LogP contribution is 2.43. The summed E-state index contributed by atoms with van der Waals surface area (Å²) in [5, 5.41) is 36.3. The number of aryl methyl sites for hydroxylation is 2. The summed E-state index contributed by atoms with van der Waals surface area (Å²) in [6.45, 7) is 2.64. The molecule has 2 atom stereocenters. The number of hydrogen-bond acceptors (Lipinski definition) is 17. The normalized spacial score (nSPS) is 18.5. The highest BCUT2D eigenvalue weighted by Gasteiger charge is 2.42. The zero-order valence-electron chi connectivity index (χ0n) is 30.3. The number of benzene rings is 2. The van der Waals surface area contributed by atoms with Gasteiger partial charge in [-0.3, -0.25) is 9.59 Å². The Balaban J connectivity index is 0.000000141. The summed E-state index contributed by atoms with van der Waals surface area (Å²) in [5.74, 6) is 0.666. The van der Waals surface area contributed by atoms with Gasteiger partial charge in [-0.25, -0.2) is 19.9 Å². The number of likely N-dealkylation sites (tertiary alicyclic amines) is 1. The van der Waals surface area contributed by atoms with Gasteiger partial charge in [-0.2, -0.15) is 0 Å². The molecule has 3 aliphatic rings. The minimum atomic E-state index is -0.735. The molecule has 19 heteroatoms. The zero-order valence-corrected chi connectivity index (χ0v) is 33.6. The standard InChI is InChI=1S/C21H20N6O2S2.C17H13N5O2S2/c1-21(29)8-27(9-21)20(28)11-2-4-13-15(6-11)30-19-17(13)18(22-10-23-19)24-12-3-5-14-16(7-12)31-26-25-14;23-17(24)8-1-3-10-12(5-8)25-16-14(10)15(18-7-19-16)20-9-2-4-11-13(6-9)26-22-21-11/h3,5,7,10-11,29H,2,4,6,8-9H2,1H3,(H,22,23,24);2,4,6-8H,1,3,5H2,(H,23,24)(H,18,19,20)/t11-;8-/m00/s1. The first-order chi connectivity index (χ1) is 27.7. The van der Waals surface area contributed by atoms with Crippen LogP contribution in [0.3, 0.4) is 0 Å². The van der Waals surface area contributed by atoms with E-state index in [-0.39, 0.29) is 17.7 Å². The molecule has 0 saturated carbocycles. The molecule has 0 bridgehead atoms. The Bertz CT molecular complexity index is 2860. The first-order valence-electron chi connectivity index (χ1n) is 18.4. The number of carboxylic acid groups (broad SMARTS) is 1. The van der Waals surface area contributed by atoms with Gasteiger partial charge in [0, 0.05) is 27.0 Å². The third-order valence-corrected chi connectivity index (χ3v) is 14.5. The number of rotatable bonds is 6. The lowest BCUT2D eigenvalue weighted by Gasteiger charge is -2.45. The minimum absolute atomic E-state index is 0.0257. The van der Waals surface area contributed by atoms with Crippen LogP contribution in [0.5, 0.6) is 0 Å². The average molecular weight is 836 g/mol. The number of anilines is 4. The van der Waals surface area contributed by atoms with Crippen molar-refractivity contribution in [3.63, 3.8) is 0 Å². The molecule has 2 aliphatic carbocycles. The van der Waals surface area contributed by atoms with Crippen molar-refractivity contribution in [1.29, 1.82) is 0 Å². The monoisotopic (exact) mass is 835 g/mol. The lowest BCUT2D eigenvalue weighted by Crippen LogP contribution is -2.63. The van der Waals surface area contributed by atoms with Gasteiger partial charge < -0.3 is 25.7 Å². The molecule has 1 fully saturated rings. The van der Waals surface area contributed by atoms with E-state index in [1.54, 1.807) is 47.2 Å². The number of fused-ring (bicyclic) bond motifs is 8. The average Bonchev–Trinajstić information content (AvgIpc) is 4.01. The van der Waals surface area contributed by atoms with Crippen molar-refractivity contribution >= 4 is 121 Å². The second-order valence-electron chi connectivity index (χ2n) is 14.9. The van der Waals surface area contributed by atoms with E-state index in [1.165, 1.54) is 39.1 Å². The van der Waals surface area contributed by atoms with E-state index >= 15 is 0 Å². The largest absolute Gasteiger partial charge is 0.481 e. The number of aromatic nitrogens is 8. The van der Waals surface area contributed by atoms with Crippen molar-refractivity contribution in [3.8, 4) is 0 Å². The molecular weight excluding hydrogens is 803 g/mol. The number of β-amino-alcohol motifs (C(OH)–C–C–N with tert-alkyl or cyclic N) is 1. The maximum Gasteiger partial charge on any atom is 0.306 e. The van der Waals surface area contributed by atoms with E-state index in [0.29, 0.717) is 25.9 Å². The smallest absolute Gasteiger partial charge is 0.306 e. The van der Waals surface area contributed by atoms with Crippen LogP contribution in [0.15, 0.2) is 49.1 Å². The van der Waals surface area contributed by atoms with Crippen molar-refractivity contribution in [1.82, 2.24) is 44.0 Å². The van der Waals surface area contributed by atoms with Crippen LogP contribution in [0, 0.1) is 11.8 Å². The number of nitrogens with one attached hydrogen (secondary N) is 2. The predicted molar refractivity (Wildman–Crippen MR) is 222 cm³/mol. The molecule has 0 spiro atoms. The first-order valence-corrected chi connectivity index (χ1v) is 21.6. The molecule has 11 rings (SSSR count). The molecular formula is C38H33N11O4S4. The lowest BCUT2D eigenvalue weighted by molar-refractivity contribution is -0.157. The van der Waals surface area contributed by atoms with Gasteiger partial charge in [0.05, 0.1) is 44.8 Å². The van der Waals surface area contributed by atoms with Crippen LogP contribution in [0.2, 0.25) is 0 Å². The Morgan fingerprint density at radius 3 is 1.77 bits per heavy atom. The van der Waals surface area contributed by atoms with Gasteiger partial charge in [-0.15, -0.1) is 32.9 Å². The van der Waals surface area contributed by atoms with Gasteiger partial charge in [0.2, 0.25) is 5.91 Å². The summed E-state index contributed by atoms with van der Waals surface area (Å²) >= 11 is 5.96. The molecule has 2 aromatic carbocycles. The number of nitrogens with zero attached hydrogens (tertiary/aromatic N) is 9. The second kappa shape index (κ2) is 14.2. The van der Waals surface area contributed by atoms with Crippen LogP contribution in [-0.4, -0.2) is 84.8 Å². The van der Waals surface area contributed by atoms with Crippen molar-refractivity contribution in [2.24, 2.45) is 11.8 Å². The van der Waals surface area contributed by atoms with Gasteiger partial charge in [-0.05, 0) is 116 Å². The van der Waals surface area contributed by atoms with Gasteiger partial charge in [0.1, 0.15) is 45.0 Å². The third kappa shape index (κ3) is 6.82. The molecule has 7 heterocycles. The van der Waals surface area contributed by atoms with E-state index in [0.717, 1.165) is 94.4 Å². The molecule has 1 aliphatic heterocycles.